The van der Waals surface area contributed by atoms with Gasteiger partial charge in [0.05, 0.1) is 6.61 Å². The third-order valence-corrected chi connectivity index (χ3v) is 4.22. The average Bonchev–Trinajstić information content (AvgIpc) is 2.60. The Morgan fingerprint density at radius 1 is 1.00 bits per heavy atom. The minimum absolute atomic E-state index is 0.323. The third-order valence-electron chi connectivity index (χ3n) is 4.22. The van der Waals surface area contributed by atoms with E-state index in [-0.39, 0.29) is 6.10 Å². The molecular weight excluding hydrogens is 292 g/mol. The molecule has 0 N–H and O–H groups in total. The van der Waals surface area contributed by atoms with Crippen LogP contribution >= 0.6 is 0 Å². The summed E-state index contributed by atoms with van der Waals surface area (Å²) in [6.07, 6.45) is 1.78. The summed E-state index contributed by atoms with van der Waals surface area (Å²) >= 11 is 0. The molecule has 0 aliphatic carbocycles. The summed E-state index contributed by atoms with van der Waals surface area (Å²) in [6.45, 7) is 7.85. The van der Waals surface area contributed by atoms with Gasteiger partial charge in [0, 0.05) is 0 Å². The predicted octanol–water partition coefficient (Wildman–Crippen LogP) is 4.44. The lowest BCUT2D eigenvalue weighted by atomic mass is 9.82. The molecular formula is C19H28O4. The fourth-order valence-corrected chi connectivity index (χ4v) is 2.54. The van der Waals surface area contributed by atoms with Crippen molar-refractivity contribution in [1.82, 2.24) is 0 Å². The van der Waals surface area contributed by atoms with Gasteiger partial charge in [-0.05, 0) is 31.2 Å². The molecule has 1 rings (SSSR count). The molecule has 1 aromatic carbocycles. The zero-order valence-electron chi connectivity index (χ0n) is 14.6. The number of ether oxygens (including phenoxy) is 2. The van der Waals surface area contributed by atoms with Crippen LogP contribution in [0.5, 0.6) is 0 Å². The SMILES string of the molecule is CCCOC(=O)C(CC)(CC)C(=O)OC(CC)c1ccccc1. The van der Waals surface area contributed by atoms with Gasteiger partial charge in [-0.1, -0.05) is 58.0 Å². The van der Waals surface area contributed by atoms with Crippen molar-refractivity contribution in [2.75, 3.05) is 6.61 Å². The van der Waals surface area contributed by atoms with Gasteiger partial charge in [-0.3, -0.25) is 9.59 Å². The molecule has 4 heteroatoms. The second-order valence-corrected chi connectivity index (χ2v) is 5.64. The molecule has 0 spiro atoms. The van der Waals surface area contributed by atoms with E-state index < -0.39 is 17.4 Å². The maximum Gasteiger partial charge on any atom is 0.324 e. The van der Waals surface area contributed by atoms with Gasteiger partial charge in [-0.15, -0.1) is 0 Å². The third kappa shape index (κ3) is 4.57. The van der Waals surface area contributed by atoms with Crippen LogP contribution in [0, 0.1) is 5.41 Å². The highest BCUT2D eigenvalue weighted by atomic mass is 16.6. The molecule has 0 heterocycles. The Hall–Kier alpha value is -1.84. The van der Waals surface area contributed by atoms with E-state index in [9.17, 15) is 9.59 Å². The van der Waals surface area contributed by atoms with E-state index in [0.29, 0.717) is 25.9 Å². The zero-order chi connectivity index (χ0) is 17.3. The predicted molar refractivity (Wildman–Crippen MR) is 89.8 cm³/mol. The van der Waals surface area contributed by atoms with Gasteiger partial charge in [-0.2, -0.15) is 0 Å². The molecule has 0 saturated carbocycles. The maximum atomic E-state index is 12.8. The van der Waals surface area contributed by atoms with Crippen LogP contribution < -0.4 is 0 Å². The number of hydrogen-bond acceptors (Lipinski definition) is 4. The van der Waals surface area contributed by atoms with Gasteiger partial charge in [0.1, 0.15) is 6.10 Å². The molecule has 0 aliphatic heterocycles. The van der Waals surface area contributed by atoms with Crippen LogP contribution in [0.15, 0.2) is 30.3 Å². The highest BCUT2D eigenvalue weighted by molar-refractivity contribution is 6.00. The Balaban J connectivity index is 2.94. The number of carbonyl (C=O) groups excluding carboxylic acids is 2. The first-order valence-electron chi connectivity index (χ1n) is 8.48. The van der Waals surface area contributed by atoms with Gasteiger partial charge >= 0.3 is 11.9 Å². The van der Waals surface area contributed by atoms with Crippen molar-refractivity contribution in [3.63, 3.8) is 0 Å². The molecule has 23 heavy (non-hydrogen) atoms. The van der Waals surface area contributed by atoms with E-state index in [1.54, 1.807) is 0 Å². The van der Waals surface area contributed by atoms with Gasteiger partial charge in [-0.25, -0.2) is 0 Å². The molecule has 0 saturated heterocycles. The number of benzene rings is 1. The Bertz CT molecular complexity index is 491. The van der Waals surface area contributed by atoms with Crippen LogP contribution in [0.3, 0.4) is 0 Å². The van der Waals surface area contributed by atoms with Crippen LogP contribution in [0.25, 0.3) is 0 Å². The molecule has 128 valence electrons. The molecule has 0 bridgehead atoms. The van der Waals surface area contributed by atoms with E-state index in [2.05, 4.69) is 0 Å². The Labute approximate surface area is 139 Å². The second-order valence-electron chi connectivity index (χ2n) is 5.64. The lowest BCUT2D eigenvalue weighted by Crippen LogP contribution is -2.41. The molecule has 1 atom stereocenters. The average molecular weight is 320 g/mol. The van der Waals surface area contributed by atoms with Crippen LogP contribution in [0.1, 0.15) is 65.0 Å². The first-order valence-corrected chi connectivity index (χ1v) is 8.48. The van der Waals surface area contributed by atoms with Crippen molar-refractivity contribution in [3.8, 4) is 0 Å². The topological polar surface area (TPSA) is 52.6 Å². The summed E-state index contributed by atoms with van der Waals surface area (Å²) in [6, 6.07) is 9.60. The molecule has 0 aromatic heterocycles. The van der Waals surface area contributed by atoms with E-state index >= 15 is 0 Å². The summed E-state index contributed by atoms with van der Waals surface area (Å²) in [5, 5.41) is 0. The summed E-state index contributed by atoms with van der Waals surface area (Å²) in [5.74, 6) is -0.962. The normalized spacial score (nSPS) is 12.5. The molecule has 0 aliphatic rings. The first-order chi connectivity index (χ1) is 11.1. The number of rotatable bonds is 9. The second kappa shape index (κ2) is 9.33. The molecule has 4 nitrogen and oxygen atoms in total. The quantitative estimate of drug-likeness (QED) is 0.498. The summed E-state index contributed by atoms with van der Waals surface area (Å²) in [4.78, 5) is 25.2. The lowest BCUT2D eigenvalue weighted by Gasteiger charge is -2.29. The zero-order valence-corrected chi connectivity index (χ0v) is 14.6. The van der Waals surface area contributed by atoms with Crippen LogP contribution in [0.4, 0.5) is 0 Å². The molecule has 0 radical (unpaired) electrons. The number of hydrogen-bond donors (Lipinski definition) is 0. The Kier molecular flexibility index (Phi) is 7.79. The van der Waals surface area contributed by atoms with Crippen molar-refractivity contribution in [3.05, 3.63) is 35.9 Å². The van der Waals surface area contributed by atoms with Crippen molar-refractivity contribution in [2.45, 2.75) is 59.5 Å². The summed E-state index contributed by atoms with van der Waals surface area (Å²) in [7, 11) is 0. The molecule has 0 amide bonds. The largest absolute Gasteiger partial charge is 0.465 e. The standard InChI is InChI=1S/C19H28O4/c1-5-14-22-17(20)19(7-3,8-4)18(21)23-16(6-2)15-12-10-9-11-13-15/h9-13,16H,5-8,14H2,1-4H3. The minimum atomic E-state index is -1.21. The Morgan fingerprint density at radius 3 is 2.09 bits per heavy atom. The summed E-state index contributed by atoms with van der Waals surface area (Å²) < 4.78 is 10.9. The fraction of sp³-hybridized carbons (Fsp3) is 0.579. The smallest absolute Gasteiger partial charge is 0.324 e. The Morgan fingerprint density at radius 2 is 1.61 bits per heavy atom. The number of carbonyl (C=O) groups is 2. The minimum Gasteiger partial charge on any atom is -0.465 e. The van der Waals surface area contributed by atoms with Gasteiger partial charge in [0.15, 0.2) is 5.41 Å². The van der Waals surface area contributed by atoms with Crippen LogP contribution in [-0.2, 0) is 19.1 Å². The van der Waals surface area contributed by atoms with Gasteiger partial charge in [0.2, 0.25) is 0 Å². The van der Waals surface area contributed by atoms with Crippen molar-refractivity contribution in [1.29, 1.82) is 0 Å². The van der Waals surface area contributed by atoms with Crippen molar-refractivity contribution < 1.29 is 19.1 Å². The first kappa shape index (κ1) is 19.2. The van der Waals surface area contributed by atoms with E-state index in [4.69, 9.17) is 9.47 Å². The molecule has 1 aromatic rings. The number of esters is 2. The van der Waals surface area contributed by atoms with E-state index in [1.165, 1.54) is 0 Å². The van der Waals surface area contributed by atoms with E-state index in [1.807, 2.05) is 58.0 Å². The monoisotopic (exact) mass is 320 g/mol. The summed E-state index contributed by atoms with van der Waals surface area (Å²) in [5.41, 5.74) is -0.274. The van der Waals surface area contributed by atoms with E-state index in [0.717, 1.165) is 12.0 Å². The molecule has 0 fully saturated rings. The maximum absolute atomic E-state index is 12.8. The van der Waals surface area contributed by atoms with Crippen molar-refractivity contribution in [2.24, 2.45) is 5.41 Å². The van der Waals surface area contributed by atoms with Gasteiger partial charge in [0.25, 0.3) is 0 Å². The highest BCUT2D eigenvalue weighted by Crippen LogP contribution is 2.33. The fourth-order valence-electron chi connectivity index (χ4n) is 2.54. The van der Waals surface area contributed by atoms with Gasteiger partial charge < -0.3 is 9.47 Å². The lowest BCUT2D eigenvalue weighted by molar-refractivity contribution is -0.177. The highest BCUT2D eigenvalue weighted by Gasteiger charge is 2.46. The van der Waals surface area contributed by atoms with Crippen LogP contribution in [0.2, 0.25) is 0 Å². The van der Waals surface area contributed by atoms with Crippen LogP contribution in [-0.4, -0.2) is 18.5 Å². The molecule has 1 unspecified atom stereocenters. The van der Waals surface area contributed by atoms with Crippen molar-refractivity contribution >= 4 is 11.9 Å².